The van der Waals surface area contributed by atoms with Crippen molar-refractivity contribution in [2.45, 2.75) is 18.8 Å². The Kier molecular flexibility index (Phi) is 12.4. The highest BCUT2D eigenvalue weighted by atomic mass is 19.1. The predicted octanol–water partition coefficient (Wildman–Crippen LogP) is 8.24. The maximum absolute atomic E-state index is 14.9. The average molecular weight is 750 g/mol. The Balaban J connectivity index is 0.000000239. The van der Waals surface area contributed by atoms with E-state index < -0.39 is 40.7 Å². The molecule has 11 nitrogen and oxygen atoms in total. The zero-order valence-electron chi connectivity index (χ0n) is 29.3. The molecule has 0 unspecified atom stereocenters. The quantitative estimate of drug-likeness (QED) is 0.134. The van der Waals surface area contributed by atoms with E-state index in [1.54, 1.807) is 24.3 Å². The Morgan fingerprint density at radius 2 is 1.15 bits per heavy atom. The third kappa shape index (κ3) is 9.28. The Morgan fingerprint density at radius 3 is 1.61 bits per heavy atom. The van der Waals surface area contributed by atoms with E-state index in [9.17, 15) is 27.2 Å². The van der Waals surface area contributed by atoms with Crippen LogP contribution in [-0.2, 0) is 0 Å². The number of hydrogen-bond acceptors (Lipinski definition) is 9. The van der Waals surface area contributed by atoms with Crippen LogP contribution in [0.15, 0.2) is 85.1 Å². The highest BCUT2D eigenvalue weighted by molar-refractivity contribution is 5.95. The Bertz CT molecular complexity index is 2110. The first-order valence-electron chi connectivity index (χ1n) is 16.3. The molecule has 0 radical (unpaired) electrons. The van der Waals surface area contributed by atoms with Crippen LogP contribution in [0.3, 0.4) is 0 Å². The average Bonchev–Trinajstić information content (AvgIpc) is 3.16. The molecule has 2 heterocycles. The molecule has 0 aliphatic carbocycles. The standard InChI is InChI=1S/C25H25F2N3O4.C14H10F2O4/c1-32-21-13-24(28)29-14-19(21)15-7-9-30(10-8-15)25(31)18-11-22(33-2)23(12-20(18)27)34-17-5-3-16(26)4-6-17;1-19-12-6-10(14(17)18)11(16)7-13(12)20-9-4-2-8(15)3-5-9/h3-6,11-15H,7-10H2,1-2H3,(H2,28,29);2-7H,1H3,(H,17,18). The van der Waals surface area contributed by atoms with Gasteiger partial charge in [-0.05, 0) is 73.4 Å². The molecule has 0 spiro atoms. The van der Waals surface area contributed by atoms with Gasteiger partial charge in [-0.1, -0.05) is 0 Å². The minimum atomic E-state index is -1.41. The number of carbonyl (C=O) groups is 2. The van der Waals surface area contributed by atoms with Gasteiger partial charge in [-0.2, -0.15) is 0 Å². The lowest BCUT2D eigenvalue weighted by Gasteiger charge is -2.32. The summed E-state index contributed by atoms with van der Waals surface area (Å²) in [6.45, 7) is 0.902. The number of halogens is 4. The summed E-state index contributed by atoms with van der Waals surface area (Å²) in [5.74, 6) is -2.23. The first kappa shape index (κ1) is 38.7. The molecule has 0 saturated carbocycles. The number of carboxylic acids is 1. The summed E-state index contributed by atoms with van der Waals surface area (Å²) in [7, 11) is 4.28. The third-order valence-corrected chi connectivity index (χ3v) is 8.41. The number of amides is 1. The van der Waals surface area contributed by atoms with Crippen molar-refractivity contribution in [1.82, 2.24) is 9.88 Å². The van der Waals surface area contributed by atoms with Gasteiger partial charge in [0.1, 0.15) is 46.3 Å². The van der Waals surface area contributed by atoms with Crippen molar-refractivity contribution in [3.05, 3.63) is 125 Å². The molecule has 5 aromatic rings. The van der Waals surface area contributed by atoms with E-state index in [2.05, 4.69) is 4.98 Å². The molecule has 1 amide bonds. The Morgan fingerprint density at radius 1 is 0.685 bits per heavy atom. The number of carbonyl (C=O) groups excluding carboxylic acids is 1. The van der Waals surface area contributed by atoms with Crippen LogP contribution in [0.1, 0.15) is 45.0 Å². The highest BCUT2D eigenvalue weighted by Crippen LogP contribution is 2.38. The number of rotatable bonds is 10. The SMILES string of the molecule is COc1cc(C(=O)N2CCC(c3cnc(N)cc3OC)CC2)c(F)cc1Oc1ccc(F)cc1.COc1cc(C(=O)O)c(F)cc1Oc1ccc(F)cc1. The molecule has 6 rings (SSSR count). The fourth-order valence-corrected chi connectivity index (χ4v) is 5.65. The molecule has 0 bridgehead atoms. The van der Waals surface area contributed by atoms with Gasteiger partial charge in [0.25, 0.3) is 5.91 Å². The molecule has 4 aromatic carbocycles. The number of likely N-dealkylation sites (tertiary alicyclic amines) is 1. The smallest absolute Gasteiger partial charge is 0.338 e. The molecular formula is C39H35F4N3O8. The van der Waals surface area contributed by atoms with Gasteiger partial charge < -0.3 is 39.4 Å². The van der Waals surface area contributed by atoms with Gasteiger partial charge >= 0.3 is 5.97 Å². The summed E-state index contributed by atoms with van der Waals surface area (Å²) >= 11 is 0. The number of aromatic carboxylic acids is 1. The molecule has 282 valence electrons. The third-order valence-electron chi connectivity index (χ3n) is 8.41. The Hall–Kier alpha value is -6.51. The van der Waals surface area contributed by atoms with Crippen molar-refractivity contribution in [3.8, 4) is 40.2 Å². The maximum Gasteiger partial charge on any atom is 0.338 e. The number of piperidine rings is 1. The second-order valence-corrected chi connectivity index (χ2v) is 11.8. The number of pyridine rings is 1. The van der Waals surface area contributed by atoms with E-state index in [1.165, 1.54) is 68.8 Å². The number of benzene rings is 4. The number of anilines is 1. The van der Waals surface area contributed by atoms with E-state index >= 15 is 0 Å². The largest absolute Gasteiger partial charge is 0.496 e. The highest BCUT2D eigenvalue weighted by Gasteiger charge is 2.29. The normalized spacial score (nSPS) is 12.6. The van der Waals surface area contributed by atoms with Gasteiger partial charge in [0, 0.05) is 49.1 Å². The van der Waals surface area contributed by atoms with Crippen molar-refractivity contribution < 1.29 is 55.9 Å². The fourth-order valence-electron chi connectivity index (χ4n) is 5.65. The van der Waals surface area contributed by atoms with Crippen LogP contribution in [0.25, 0.3) is 0 Å². The lowest BCUT2D eigenvalue weighted by molar-refractivity contribution is 0.0687. The van der Waals surface area contributed by atoms with Crippen molar-refractivity contribution in [3.63, 3.8) is 0 Å². The van der Waals surface area contributed by atoms with Crippen LogP contribution in [0, 0.1) is 23.3 Å². The number of aromatic nitrogens is 1. The van der Waals surface area contributed by atoms with Crippen LogP contribution in [0.5, 0.6) is 40.2 Å². The van der Waals surface area contributed by atoms with Crippen molar-refractivity contribution in [2.75, 3.05) is 40.2 Å². The molecule has 54 heavy (non-hydrogen) atoms. The van der Waals surface area contributed by atoms with Crippen LogP contribution < -0.4 is 29.4 Å². The summed E-state index contributed by atoms with van der Waals surface area (Å²) in [5, 5.41) is 8.82. The van der Waals surface area contributed by atoms with Crippen molar-refractivity contribution in [2.24, 2.45) is 0 Å². The monoisotopic (exact) mass is 749 g/mol. The van der Waals surface area contributed by atoms with Gasteiger partial charge in [-0.15, -0.1) is 0 Å². The number of hydrogen-bond donors (Lipinski definition) is 2. The zero-order valence-corrected chi connectivity index (χ0v) is 29.3. The number of nitrogens with zero attached hydrogens (tertiary/aromatic N) is 2. The minimum Gasteiger partial charge on any atom is -0.496 e. The lowest BCUT2D eigenvalue weighted by Crippen LogP contribution is -2.38. The summed E-state index contributed by atoms with van der Waals surface area (Å²) in [6.07, 6.45) is 3.07. The molecule has 0 atom stereocenters. The fraction of sp³-hybridized carbons (Fsp3) is 0.205. The number of ether oxygens (including phenoxy) is 5. The van der Waals surface area contributed by atoms with E-state index in [0.717, 1.165) is 23.8 Å². The predicted molar refractivity (Wildman–Crippen MR) is 189 cm³/mol. The first-order valence-corrected chi connectivity index (χ1v) is 16.3. The molecular weight excluding hydrogens is 714 g/mol. The number of carboxylic acid groups (broad SMARTS) is 1. The van der Waals surface area contributed by atoms with E-state index in [-0.39, 0.29) is 40.2 Å². The topological polar surface area (TPSA) is 143 Å². The van der Waals surface area contributed by atoms with Gasteiger partial charge in [0.15, 0.2) is 23.0 Å². The number of nitrogen functional groups attached to an aromatic ring is 1. The van der Waals surface area contributed by atoms with Crippen LogP contribution in [0.2, 0.25) is 0 Å². The molecule has 1 saturated heterocycles. The summed E-state index contributed by atoms with van der Waals surface area (Å²) in [4.78, 5) is 29.7. The van der Waals surface area contributed by atoms with E-state index in [0.29, 0.717) is 43.2 Å². The second-order valence-electron chi connectivity index (χ2n) is 11.8. The molecule has 3 N–H and O–H groups in total. The van der Waals surface area contributed by atoms with Crippen LogP contribution >= 0.6 is 0 Å². The number of methoxy groups -OCH3 is 3. The Labute approximate surface area is 307 Å². The van der Waals surface area contributed by atoms with Gasteiger partial charge in [-0.3, -0.25) is 4.79 Å². The van der Waals surface area contributed by atoms with Gasteiger partial charge in [-0.25, -0.2) is 27.3 Å². The molecule has 1 aromatic heterocycles. The second kappa shape index (κ2) is 17.3. The molecule has 1 aliphatic rings. The summed E-state index contributed by atoms with van der Waals surface area (Å²) in [5.41, 5.74) is 6.06. The first-order chi connectivity index (χ1) is 25.9. The lowest BCUT2D eigenvalue weighted by atomic mass is 9.89. The van der Waals surface area contributed by atoms with Crippen LogP contribution in [-0.4, -0.2) is 61.3 Å². The van der Waals surface area contributed by atoms with Crippen molar-refractivity contribution >= 4 is 17.7 Å². The van der Waals surface area contributed by atoms with Crippen LogP contribution in [0.4, 0.5) is 23.4 Å². The maximum atomic E-state index is 14.9. The zero-order chi connectivity index (χ0) is 38.9. The molecule has 15 heteroatoms. The minimum absolute atomic E-state index is 0.00149. The summed E-state index contributed by atoms with van der Waals surface area (Å²) in [6, 6.07) is 16.4. The van der Waals surface area contributed by atoms with Crippen molar-refractivity contribution in [1.29, 1.82) is 0 Å². The molecule has 1 aliphatic heterocycles. The molecule has 1 fully saturated rings. The summed E-state index contributed by atoms with van der Waals surface area (Å²) < 4.78 is 81.1. The van der Waals surface area contributed by atoms with E-state index in [4.69, 9.17) is 34.5 Å². The number of nitrogens with two attached hydrogens (primary N) is 1. The van der Waals surface area contributed by atoms with Gasteiger partial charge in [0.2, 0.25) is 0 Å². The van der Waals surface area contributed by atoms with E-state index in [1.807, 2.05) is 0 Å². The van der Waals surface area contributed by atoms with Gasteiger partial charge in [0.05, 0.1) is 32.5 Å².